The van der Waals surface area contributed by atoms with Crippen LogP contribution in [0.3, 0.4) is 0 Å². The Balaban J connectivity index is 2.13. The van der Waals surface area contributed by atoms with Crippen LogP contribution in [0.1, 0.15) is 25.8 Å². The largest absolute Gasteiger partial charge is 0.493 e. The summed E-state index contributed by atoms with van der Waals surface area (Å²) in [5, 5.41) is 18.7. The van der Waals surface area contributed by atoms with Gasteiger partial charge in [0.1, 0.15) is 5.25 Å². The van der Waals surface area contributed by atoms with Crippen molar-refractivity contribution in [3.63, 3.8) is 0 Å². The third-order valence-corrected chi connectivity index (χ3v) is 4.89. The van der Waals surface area contributed by atoms with Crippen LogP contribution in [-0.4, -0.2) is 46.8 Å². The molecule has 0 radical (unpaired) electrons. The lowest BCUT2D eigenvalue weighted by Crippen LogP contribution is -2.26. The summed E-state index contributed by atoms with van der Waals surface area (Å²) in [6.07, 6.45) is 1.23. The van der Waals surface area contributed by atoms with E-state index in [9.17, 15) is 9.59 Å². The van der Waals surface area contributed by atoms with E-state index in [0.29, 0.717) is 17.1 Å². The molecule has 1 saturated heterocycles. The number of carboxylic acids is 1. The van der Waals surface area contributed by atoms with Crippen molar-refractivity contribution in [3.05, 3.63) is 22.2 Å². The number of rotatable bonds is 7. The predicted octanol–water partition coefficient (Wildman–Crippen LogP) is 2.64. The van der Waals surface area contributed by atoms with Crippen molar-refractivity contribution in [2.45, 2.75) is 31.6 Å². The summed E-state index contributed by atoms with van der Waals surface area (Å²) < 4.78 is 11.8. The molecular weight excluding hydrogens is 426 g/mol. The molecule has 2 rings (SSSR count). The number of aliphatic carboxylic acids is 1. The van der Waals surface area contributed by atoms with Crippen LogP contribution < -0.4 is 14.8 Å². The van der Waals surface area contributed by atoms with Gasteiger partial charge in [-0.3, -0.25) is 9.59 Å². The number of nitrogens with one attached hydrogen (secondary N) is 1. The summed E-state index contributed by atoms with van der Waals surface area (Å²) in [4.78, 5) is 22.4. The van der Waals surface area contributed by atoms with Crippen molar-refractivity contribution < 1.29 is 24.2 Å². The molecule has 26 heavy (non-hydrogen) atoms. The highest BCUT2D eigenvalue weighted by Gasteiger charge is 2.32. The number of carbonyl (C=O) groups excluding carboxylic acids is 1. The predicted molar refractivity (Wildman–Crippen MR) is 103 cm³/mol. The number of amides is 1. The van der Waals surface area contributed by atoms with E-state index in [0.717, 1.165) is 16.2 Å². The first-order valence-corrected chi connectivity index (χ1v) is 9.32. The van der Waals surface area contributed by atoms with Crippen molar-refractivity contribution in [1.82, 2.24) is 5.32 Å². The number of hydrogen-bond donors (Lipinski definition) is 2. The molecule has 1 aliphatic heterocycles. The van der Waals surface area contributed by atoms with E-state index in [1.807, 2.05) is 13.8 Å². The minimum Gasteiger partial charge on any atom is -0.493 e. The molecular formula is C16H18BrN3O5S. The maximum atomic E-state index is 11.7. The average molecular weight is 444 g/mol. The Hall–Kier alpha value is -2.07. The fraction of sp³-hybridized carbons (Fsp3) is 0.375. The Morgan fingerprint density at radius 2 is 2.19 bits per heavy atom. The molecule has 2 N–H and O–H groups in total. The standard InChI is InChI=1S/C16H18BrN3O5S/c1-8(2)25-12-5-10(17)9(4-11(12)24-3)7-18-20-16-19-15(23)13(26-16)6-14(21)22/h4-5,7-8,13H,6H2,1-3H3,(H,21,22)(H,19,20,23). The van der Waals surface area contributed by atoms with Gasteiger partial charge >= 0.3 is 5.97 Å². The molecule has 10 heteroatoms. The SMILES string of the molecule is COc1cc(C=NN=C2NC(=O)C(CC(=O)O)S2)c(Br)cc1OC(C)C. The summed E-state index contributed by atoms with van der Waals surface area (Å²) in [5.41, 5.74) is 0.707. The van der Waals surface area contributed by atoms with Crippen molar-refractivity contribution in [2.24, 2.45) is 10.2 Å². The number of ether oxygens (including phenoxy) is 2. The van der Waals surface area contributed by atoms with Gasteiger partial charge < -0.3 is 19.9 Å². The fourth-order valence-corrected chi connectivity index (χ4v) is 3.38. The number of halogens is 1. The number of benzene rings is 1. The van der Waals surface area contributed by atoms with Gasteiger partial charge in [0.05, 0.1) is 25.8 Å². The molecule has 0 aromatic heterocycles. The number of carbonyl (C=O) groups is 2. The van der Waals surface area contributed by atoms with E-state index in [1.165, 1.54) is 6.21 Å². The van der Waals surface area contributed by atoms with Gasteiger partial charge in [-0.05, 0) is 41.9 Å². The first kappa shape index (κ1) is 20.2. The number of carboxylic acid groups (broad SMARTS) is 1. The number of thioether (sulfide) groups is 1. The maximum Gasteiger partial charge on any atom is 0.305 e. The van der Waals surface area contributed by atoms with Crippen LogP contribution >= 0.6 is 27.7 Å². The topological polar surface area (TPSA) is 110 Å². The first-order chi connectivity index (χ1) is 12.3. The van der Waals surface area contributed by atoms with Crippen molar-refractivity contribution in [3.8, 4) is 11.5 Å². The number of amidine groups is 1. The fourth-order valence-electron chi connectivity index (χ4n) is 2.04. The molecule has 1 heterocycles. The van der Waals surface area contributed by atoms with E-state index in [1.54, 1.807) is 19.2 Å². The van der Waals surface area contributed by atoms with Gasteiger partial charge in [0.15, 0.2) is 16.7 Å². The zero-order valence-corrected chi connectivity index (χ0v) is 16.8. The molecule has 1 fully saturated rings. The highest BCUT2D eigenvalue weighted by molar-refractivity contribution is 9.10. The monoisotopic (exact) mass is 443 g/mol. The second-order valence-electron chi connectivity index (χ2n) is 5.53. The molecule has 0 bridgehead atoms. The minimum absolute atomic E-state index is 0.00321. The molecule has 1 amide bonds. The smallest absolute Gasteiger partial charge is 0.305 e. The third-order valence-electron chi connectivity index (χ3n) is 3.13. The molecule has 0 saturated carbocycles. The van der Waals surface area contributed by atoms with Crippen LogP contribution in [0.4, 0.5) is 0 Å². The number of nitrogens with zero attached hydrogens (tertiary/aromatic N) is 2. The van der Waals surface area contributed by atoms with Crippen LogP contribution in [0.2, 0.25) is 0 Å². The molecule has 140 valence electrons. The zero-order chi connectivity index (χ0) is 19.3. The Morgan fingerprint density at radius 1 is 1.46 bits per heavy atom. The number of hydrogen-bond acceptors (Lipinski definition) is 7. The van der Waals surface area contributed by atoms with Crippen molar-refractivity contribution in [1.29, 1.82) is 0 Å². The molecule has 1 aromatic carbocycles. The molecule has 0 aliphatic carbocycles. The summed E-state index contributed by atoms with van der Waals surface area (Å²) in [7, 11) is 1.55. The van der Waals surface area contributed by atoms with Gasteiger partial charge in [0.2, 0.25) is 5.91 Å². The number of methoxy groups -OCH3 is 1. The van der Waals surface area contributed by atoms with Crippen LogP contribution in [0.25, 0.3) is 0 Å². The van der Waals surface area contributed by atoms with Crippen LogP contribution in [0.5, 0.6) is 11.5 Å². The molecule has 1 unspecified atom stereocenters. The van der Waals surface area contributed by atoms with E-state index >= 15 is 0 Å². The molecule has 1 aliphatic rings. The molecule has 1 aromatic rings. The van der Waals surface area contributed by atoms with E-state index in [-0.39, 0.29) is 23.6 Å². The van der Waals surface area contributed by atoms with Crippen molar-refractivity contribution in [2.75, 3.05) is 7.11 Å². The lowest BCUT2D eigenvalue weighted by Gasteiger charge is -2.14. The Kier molecular flexibility index (Phi) is 7.04. The molecule has 8 nitrogen and oxygen atoms in total. The first-order valence-electron chi connectivity index (χ1n) is 7.64. The Labute approximate surface area is 163 Å². The molecule has 0 spiro atoms. The normalized spacial score (nSPS) is 18.6. The zero-order valence-electron chi connectivity index (χ0n) is 14.4. The Bertz CT molecular complexity index is 766. The van der Waals surface area contributed by atoms with Gasteiger partial charge in [-0.2, -0.15) is 5.10 Å². The van der Waals surface area contributed by atoms with E-state index in [4.69, 9.17) is 14.6 Å². The average Bonchev–Trinajstić information content (AvgIpc) is 2.88. The lowest BCUT2D eigenvalue weighted by molar-refractivity contribution is -0.138. The van der Waals surface area contributed by atoms with Gasteiger partial charge in [-0.15, -0.1) is 5.10 Å². The van der Waals surface area contributed by atoms with Gasteiger partial charge in [0, 0.05) is 10.0 Å². The quantitative estimate of drug-likeness (QED) is 0.495. The summed E-state index contributed by atoms with van der Waals surface area (Å²) in [6.45, 7) is 3.84. The van der Waals surface area contributed by atoms with E-state index in [2.05, 4.69) is 31.4 Å². The molecule has 1 atom stereocenters. The summed E-state index contributed by atoms with van der Waals surface area (Å²) in [5.74, 6) is -0.263. The van der Waals surface area contributed by atoms with Crippen molar-refractivity contribution >= 4 is 51.0 Å². The van der Waals surface area contributed by atoms with Gasteiger partial charge in [-0.1, -0.05) is 11.8 Å². The van der Waals surface area contributed by atoms with E-state index < -0.39 is 11.2 Å². The summed E-state index contributed by atoms with van der Waals surface area (Å²) >= 11 is 4.49. The van der Waals surface area contributed by atoms with Gasteiger partial charge in [0.25, 0.3) is 0 Å². The van der Waals surface area contributed by atoms with Crippen LogP contribution in [-0.2, 0) is 9.59 Å². The Morgan fingerprint density at radius 3 is 2.81 bits per heavy atom. The second-order valence-corrected chi connectivity index (χ2v) is 7.58. The van der Waals surface area contributed by atoms with Crippen LogP contribution in [0.15, 0.2) is 26.8 Å². The summed E-state index contributed by atoms with van der Waals surface area (Å²) in [6, 6.07) is 3.53. The van der Waals surface area contributed by atoms with Gasteiger partial charge in [-0.25, -0.2) is 0 Å². The van der Waals surface area contributed by atoms with Crippen LogP contribution in [0, 0.1) is 0 Å². The maximum absolute atomic E-state index is 11.7. The third kappa shape index (κ3) is 5.46. The second kappa shape index (κ2) is 9.04. The highest BCUT2D eigenvalue weighted by Crippen LogP contribution is 2.33. The lowest BCUT2D eigenvalue weighted by atomic mass is 10.2. The minimum atomic E-state index is -1.04. The highest BCUT2D eigenvalue weighted by atomic mass is 79.9.